The monoisotopic (exact) mass is 432 g/mol. The summed E-state index contributed by atoms with van der Waals surface area (Å²) in [5, 5.41) is 5.93. The quantitative estimate of drug-likeness (QED) is 0.618. The standard InChI is InChI=1S/C24H40N4O3/c1-17(2)28-13-19(22(30)25-15-24(3,4)16-27(5)6)21(29)20(14-28)23(31)26-18-11-9-7-8-10-12-18/h13-14,17-18H,7-12,15-16H2,1-6H3,(H,25,30)(H,26,31). The lowest BCUT2D eigenvalue weighted by Gasteiger charge is -2.28. The van der Waals surface area contributed by atoms with Crippen LogP contribution < -0.4 is 16.1 Å². The van der Waals surface area contributed by atoms with Crippen molar-refractivity contribution in [2.24, 2.45) is 5.41 Å². The molecular weight excluding hydrogens is 392 g/mol. The smallest absolute Gasteiger partial charge is 0.256 e. The fourth-order valence-corrected chi connectivity index (χ4v) is 4.23. The van der Waals surface area contributed by atoms with E-state index >= 15 is 0 Å². The minimum Gasteiger partial charge on any atom is -0.351 e. The first-order chi connectivity index (χ1) is 14.5. The third-order valence-corrected chi connectivity index (χ3v) is 5.79. The zero-order chi connectivity index (χ0) is 23.2. The lowest BCUT2D eigenvalue weighted by Crippen LogP contribution is -2.42. The fraction of sp³-hybridized carbons (Fsp3) is 0.708. The average Bonchev–Trinajstić information content (AvgIpc) is 2.93. The molecule has 0 atom stereocenters. The van der Waals surface area contributed by atoms with Gasteiger partial charge in [0, 0.05) is 37.6 Å². The lowest BCUT2D eigenvalue weighted by molar-refractivity contribution is 0.0926. The molecule has 1 saturated carbocycles. The van der Waals surface area contributed by atoms with Gasteiger partial charge in [0.1, 0.15) is 11.1 Å². The second-order valence-electron chi connectivity index (χ2n) is 10.2. The number of pyridine rings is 1. The molecule has 0 bridgehead atoms. The molecule has 31 heavy (non-hydrogen) atoms. The molecule has 1 aliphatic rings. The van der Waals surface area contributed by atoms with Gasteiger partial charge >= 0.3 is 0 Å². The van der Waals surface area contributed by atoms with Crippen LogP contribution in [0, 0.1) is 5.41 Å². The first-order valence-corrected chi connectivity index (χ1v) is 11.5. The summed E-state index contributed by atoms with van der Waals surface area (Å²) in [5.74, 6) is -0.816. The molecule has 174 valence electrons. The summed E-state index contributed by atoms with van der Waals surface area (Å²) in [6.07, 6.45) is 9.56. The van der Waals surface area contributed by atoms with E-state index in [1.54, 1.807) is 17.0 Å². The molecule has 7 nitrogen and oxygen atoms in total. The Morgan fingerprint density at radius 3 is 2.13 bits per heavy atom. The summed E-state index contributed by atoms with van der Waals surface area (Å²) in [6, 6.07) is 0.105. The predicted octanol–water partition coefficient (Wildman–Crippen LogP) is 3.20. The summed E-state index contributed by atoms with van der Waals surface area (Å²) in [7, 11) is 3.97. The Morgan fingerprint density at radius 1 is 1.06 bits per heavy atom. The Bertz CT molecular complexity index is 819. The molecule has 2 amide bonds. The van der Waals surface area contributed by atoms with Crippen LogP contribution in [0.5, 0.6) is 0 Å². The normalized spacial score (nSPS) is 15.7. The highest BCUT2D eigenvalue weighted by molar-refractivity contribution is 5.99. The van der Waals surface area contributed by atoms with Crippen LogP contribution in [0.25, 0.3) is 0 Å². The van der Waals surface area contributed by atoms with E-state index in [1.165, 1.54) is 12.8 Å². The largest absolute Gasteiger partial charge is 0.351 e. The van der Waals surface area contributed by atoms with E-state index in [-0.39, 0.29) is 34.5 Å². The molecule has 0 saturated heterocycles. The van der Waals surface area contributed by atoms with Crippen molar-refractivity contribution < 1.29 is 9.59 Å². The van der Waals surface area contributed by atoms with Crippen molar-refractivity contribution in [2.75, 3.05) is 27.2 Å². The summed E-state index contributed by atoms with van der Waals surface area (Å²) in [4.78, 5) is 41.0. The number of nitrogens with zero attached hydrogens (tertiary/aromatic N) is 2. The van der Waals surface area contributed by atoms with Crippen LogP contribution in [-0.4, -0.2) is 54.5 Å². The van der Waals surface area contributed by atoms with Crippen LogP contribution in [-0.2, 0) is 0 Å². The maximum Gasteiger partial charge on any atom is 0.256 e. The van der Waals surface area contributed by atoms with Gasteiger partial charge in [-0.25, -0.2) is 0 Å². The first kappa shape index (κ1) is 25.1. The summed E-state index contributed by atoms with van der Waals surface area (Å²) in [6.45, 7) is 9.28. The maximum atomic E-state index is 13.1. The number of rotatable bonds is 8. The van der Waals surface area contributed by atoms with E-state index in [0.717, 1.165) is 32.2 Å². The van der Waals surface area contributed by atoms with Crippen molar-refractivity contribution in [1.29, 1.82) is 0 Å². The van der Waals surface area contributed by atoms with Crippen LogP contribution in [0.2, 0.25) is 0 Å². The third kappa shape index (κ3) is 7.49. The molecule has 0 aromatic carbocycles. The second kappa shape index (κ2) is 10.9. The van der Waals surface area contributed by atoms with Crippen LogP contribution in [0.1, 0.15) is 93.0 Å². The minimum absolute atomic E-state index is 0.0155. The Kier molecular flexibility index (Phi) is 8.86. The number of amides is 2. The second-order valence-corrected chi connectivity index (χ2v) is 10.2. The molecule has 1 aliphatic carbocycles. The molecule has 0 unspecified atom stereocenters. The van der Waals surface area contributed by atoms with E-state index in [1.807, 2.05) is 27.9 Å². The van der Waals surface area contributed by atoms with Crippen LogP contribution >= 0.6 is 0 Å². The van der Waals surface area contributed by atoms with E-state index in [4.69, 9.17) is 0 Å². The Morgan fingerprint density at radius 2 is 1.61 bits per heavy atom. The van der Waals surface area contributed by atoms with Gasteiger partial charge in [-0.3, -0.25) is 14.4 Å². The predicted molar refractivity (Wildman–Crippen MR) is 125 cm³/mol. The highest BCUT2D eigenvalue weighted by Gasteiger charge is 2.25. The van der Waals surface area contributed by atoms with Gasteiger partial charge in [0.25, 0.3) is 11.8 Å². The third-order valence-electron chi connectivity index (χ3n) is 5.79. The van der Waals surface area contributed by atoms with Gasteiger partial charge in [0.15, 0.2) is 0 Å². The van der Waals surface area contributed by atoms with Gasteiger partial charge in [-0.1, -0.05) is 39.5 Å². The Labute approximate surface area is 186 Å². The van der Waals surface area contributed by atoms with Gasteiger partial charge in [-0.05, 0) is 46.2 Å². The van der Waals surface area contributed by atoms with Crippen molar-refractivity contribution in [1.82, 2.24) is 20.1 Å². The van der Waals surface area contributed by atoms with Crippen molar-refractivity contribution in [3.63, 3.8) is 0 Å². The highest BCUT2D eigenvalue weighted by Crippen LogP contribution is 2.18. The molecule has 0 spiro atoms. The van der Waals surface area contributed by atoms with Crippen molar-refractivity contribution >= 4 is 11.8 Å². The van der Waals surface area contributed by atoms with Crippen molar-refractivity contribution in [2.45, 2.75) is 78.3 Å². The molecular formula is C24H40N4O3. The molecule has 2 rings (SSSR count). The number of carbonyl (C=O) groups is 2. The zero-order valence-corrected chi connectivity index (χ0v) is 20.1. The number of aromatic nitrogens is 1. The van der Waals surface area contributed by atoms with Gasteiger partial charge < -0.3 is 20.1 Å². The molecule has 0 aliphatic heterocycles. The molecule has 7 heteroatoms. The number of hydrogen-bond donors (Lipinski definition) is 2. The molecule has 1 aromatic heterocycles. The Hall–Kier alpha value is -2.15. The van der Waals surface area contributed by atoms with Gasteiger partial charge in [-0.2, -0.15) is 0 Å². The summed E-state index contributed by atoms with van der Waals surface area (Å²) < 4.78 is 1.77. The topological polar surface area (TPSA) is 83.4 Å². The minimum atomic E-state index is -0.508. The van der Waals surface area contributed by atoms with E-state index in [0.29, 0.717) is 6.54 Å². The number of carbonyl (C=O) groups excluding carboxylic acids is 2. The molecule has 1 fully saturated rings. The van der Waals surface area contributed by atoms with Gasteiger partial charge in [-0.15, -0.1) is 0 Å². The van der Waals surface area contributed by atoms with E-state index < -0.39 is 11.3 Å². The molecule has 0 radical (unpaired) electrons. The molecule has 1 aromatic rings. The van der Waals surface area contributed by atoms with Crippen LogP contribution in [0.3, 0.4) is 0 Å². The van der Waals surface area contributed by atoms with Crippen molar-refractivity contribution in [3.05, 3.63) is 33.7 Å². The number of hydrogen-bond acceptors (Lipinski definition) is 4. The maximum absolute atomic E-state index is 13.1. The van der Waals surface area contributed by atoms with E-state index in [2.05, 4.69) is 29.4 Å². The van der Waals surface area contributed by atoms with Crippen LogP contribution in [0.15, 0.2) is 17.2 Å². The number of nitrogens with one attached hydrogen (secondary N) is 2. The van der Waals surface area contributed by atoms with Gasteiger partial charge in [0.2, 0.25) is 5.43 Å². The lowest BCUT2D eigenvalue weighted by atomic mass is 9.93. The van der Waals surface area contributed by atoms with Crippen LogP contribution in [0.4, 0.5) is 0 Å². The van der Waals surface area contributed by atoms with Crippen molar-refractivity contribution in [3.8, 4) is 0 Å². The SMILES string of the molecule is CC(C)n1cc(C(=O)NCC(C)(C)CN(C)C)c(=O)c(C(=O)NC2CCCCCC2)c1. The first-order valence-electron chi connectivity index (χ1n) is 11.5. The molecule has 2 N–H and O–H groups in total. The summed E-state index contributed by atoms with van der Waals surface area (Å²) in [5.41, 5.74) is -0.600. The average molecular weight is 433 g/mol. The van der Waals surface area contributed by atoms with Gasteiger partial charge in [0.05, 0.1) is 0 Å². The Balaban J connectivity index is 2.25. The zero-order valence-electron chi connectivity index (χ0n) is 20.1. The highest BCUT2D eigenvalue weighted by atomic mass is 16.2. The fourth-order valence-electron chi connectivity index (χ4n) is 4.23. The molecule has 1 heterocycles. The van der Waals surface area contributed by atoms with E-state index in [9.17, 15) is 14.4 Å². The summed E-state index contributed by atoms with van der Waals surface area (Å²) >= 11 is 0.